The maximum atomic E-state index is 9.44. The van der Waals surface area contributed by atoms with Crippen molar-refractivity contribution in [2.75, 3.05) is 44.3 Å². The summed E-state index contributed by atoms with van der Waals surface area (Å²) in [5.74, 6) is 0.656. The summed E-state index contributed by atoms with van der Waals surface area (Å²) in [6.45, 7) is 12.2. The Morgan fingerprint density at radius 1 is 0.909 bits per heavy atom. The number of aliphatic hydroxyl groups excluding tert-OH is 2. The Balaban J connectivity index is 1.98. The Kier molecular flexibility index (Phi) is 9.16. The number of anilines is 1. The first-order valence-corrected chi connectivity index (χ1v) is 12.3. The van der Waals surface area contributed by atoms with E-state index in [-0.39, 0.29) is 19.1 Å². The van der Waals surface area contributed by atoms with E-state index in [4.69, 9.17) is 0 Å². The van der Waals surface area contributed by atoms with E-state index in [1.54, 1.807) is 0 Å². The summed E-state index contributed by atoms with van der Waals surface area (Å²) in [6, 6.07) is 17.6. The molecule has 0 bridgehead atoms. The topological polar surface area (TPSA) is 46.9 Å². The molecular weight excluding hydrogens is 408 g/mol. The molecule has 0 radical (unpaired) electrons. The Labute approximate surface area is 199 Å². The van der Waals surface area contributed by atoms with E-state index in [0.29, 0.717) is 19.0 Å². The number of allylic oxidation sites excluding steroid dienone is 3. The van der Waals surface area contributed by atoms with Crippen molar-refractivity contribution in [3.63, 3.8) is 0 Å². The first kappa shape index (κ1) is 25.1. The van der Waals surface area contributed by atoms with Gasteiger partial charge in [-0.2, -0.15) is 0 Å². The van der Waals surface area contributed by atoms with E-state index in [0.717, 1.165) is 19.5 Å². The Bertz CT molecular complexity index is 951. The number of hydrogen-bond acceptors (Lipinski definition) is 4. The van der Waals surface area contributed by atoms with Gasteiger partial charge in [0.15, 0.2) is 0 Å². The maximum absolute atomic E-state index is 9.44. The molecule has 2 aromatic rings. The molecule has 0 amide bonds. The third kappa shape index (κ3) is 5.87. The summed E-state index contributed by atoms with van der Waals surface area (Å²) < 4.78 is 0. The van der Waals surface area contributed by atoms with Gasteiger partial charge in [-0.25, -0.2) is 0 Å². The molecule has 2 atom stereocenters. The van der Waals surface area contributed by atoms with Gasteiger partial charge < -0.3 is 20.0 Å². The average molecular weight is 449 g/mol. The fourth-order valence-corrected chi connectivity index (χ4v) is 5.13. The van der Waals surface area contributed by atoms with Crippen LogP contribution in [0.4, 0.5) is 5.69 Å². The summed E-state index contributed by atoms with van der Waals surface area (Å²) >= 11 is 0. The highest BCUT2D eigenvalue weighted by atomic mass is 16.3. The van der Waals surface area contributed by atoms with Crippen molar-refractivity contribution in [2.24, 2.45) is 5.92 Å². The fourth-order valence-electron chi connectivity index (χ4n) is 5.13. The third-order valence-electron chi connectivity index (χ3n) is 6.92. The standard InChI is InChI=1S/C29H40N2O2/c1-5-30(16-18-32)25-12-14-27(22(3)20-25)29(24-10-8-7-9-11-24)28-15-13-26(21-23(28)4)31(6-2)17-19-33/h7-14,20-21,28-29,32-33H,5-6,15-19H2,1-4H3. The van der Waals surface area contributed by atoms with Crippen LogP contribution in [0.3, 0.4) is 0 Å². The van der Waals surface area contributed by atoms with Crippen molar-refractivity contribution in [2.45, 2.75) is 40.0 Å². The van der Waals surface area contributed by atoms with Crippen LogP contribution in [0.15, 0.2) is 72.0 Å². The molecule has 0 saturated heterocycles. The van der Waals surface area contributed by atoms with Crippen LogP contribution in [0, 0.1) is 12.8 Å². The molecule has 0 fully saturated rings. The molecule has 178 valence electrons. The summed E-state index contributed by atoms with van der Waals surface area (Å²) in [7, 11) is 0. The number of aryl methyl sites for hydroxylation is 1. The molecule has 2 aromatic carbocycles. The molecular formula is C29H40N2O2. The minimum atomic E-state index is 0.160. The lowest BCUT2D eigenvalue weighted by Crippen LogP contribution is -2.28. The van der Waals surface area contributed by atoms with Crippen molar-refractivity contribution in [3.05, 3.63) is 88.6 Å². The van der Waals surface area contributed by atoms with Gasteiger partial charge in [0, 0.05) is 43.5 Å². The van der Waals surface area contributed by atoms with E-state index >= 15 is 0 Å². The summed E-state index contributed by atoms with van der Waals surface area (Å²) in [5, 5.41) is 18.9. The second kappa shape index (κ2) is 12.1. The molecule has 0 saturated carbocycles. The number of hydrogen-bond donors (Lipinski definition) is 2. The largest absolute Gasteiger partial charge is 0.395 e. The number of rotatable bonds is 11. The minimum absolute atomic E-state index is 0.160. The van der Waals surface area contributed by atoms with Gasteiger partial charge >= 0.3 is 0 Å². The van der Waals surface area contributed by atoms with E-state index in [1.807, 2.05) is 0 Å². The predicted molar refractivity (Wildman–Crippen MR) is 139 cm³/mol. The smallest absolute Gasteiger partial charge is 0.0606 e. The zero-order valence-electron chi connectivity index (χ0n) is 20.7. The van der Waals surface area contributed by atoms with Gasteiger partial charge in [0.2, 0.25) is 0 Å². The second-order valence-corrected chi connectivity index (χ2v) is 8.90. The maximum Gasteiger partial charge on any atom is 0.0606 e. The van der Waals surface area contributed by atoms with Crippen LogP contribution in [0.5, 0.6) is 0 Å². The first-order valence-electron chi connectivity index (χ1n) is 12.3. The molecule has 4 heteroatoms. The molecule has 0 aromatic heterocycles. The fraction of sp³-hybridized carbons (Fsp3) is 0.448. The van der Waals surface area contributed by atoms with E-state index in [1.165, 1.54) is 33.6 Å². The van der Waals surface area contributed by atoms with Gasteiger partial charge in [-0.1, -0.05) is 48.0 Å². The van der Waals surface area contributed by atoms with Gasteiger partial charge in [0.25, 0.3) is 0 Å². The van der Waals surface area contributed by atoms with Gasteiger partial charge in [-0.3, -0.25) is 0 Å². The van der Waals surface area contributed by atoms with Gasteiger partial charge in [0.1, 0.15) is 0 Å². The van der Waals surface area contributed by atoms with Crippen LogP contribution in [0.25, 0.3) is 0 Å². The zero-order valence-corrected chi connectivity index (χ0v) is 20.7. The predicted octanol–water partition coefficient (Wildman–Crippen LogP) is 5.11. The van der Waals surface area contributed by atoms with E-state index in [9.17, 15) is 10.2 Å². The molecule has 1 aliphatic rings. The van der Waals surface area contributed by atoms with Crippen LogP contribution in [0.1, 0.15) is 49.8 Å². The Hall–Kier alpha value is -2.56. The quantitative estimate of drug-likeness (QED) is 0.501. The summed E-state index contributed by atoms with van der Waals surface area (Å²) in [6.07, 6.45) is 5.63. The van der Waals surface area contributed by atoms with E-state index in [2.05, 4.69) is 98.2 Å². The van der Waals surface area contributed by atoms with Crippen LogP contribution >= 0.6 is 0 Å². The lowest BCUT2D eigenvalue weighted by Gasteiger charge is -2.34. The van der Waals surface area contributed by atoms with Crippen molar-refractivity contribution < 1.29 is 10.2 Å². The second-order valence-electron chi connectivity index (χ2n) is 8.90. The molecule has 4 nitrogen and oxygen atoms in total. The van der Waals surface area contributed by atoms with Gasteiger partial charge in [-0.05, 0) is 74.9 Å². The molecule has 2 unspecified atom stereocenters. The lowest BCUT2D eigenvalue weighted by atomic mass is 9.73. The number of aliphatic hydroxyl groups is 2. The highest BCUT2D eigenvalue weighted by Gasteiger charge is 2.29. The SMILES string of the molecule is CCN(CCO)C1=CCC(C(c2ccccc2)c2ccc(N(CC)CCO)cc2C)C(C)=C1. The number of likely N-dealkylation sites (N-methyl/N-ethyl adjacent to an activating group) is 2. The van der Waals surface area contributed by atoms with E-state index < -0.39 is 0 Å². The summed E-state index contributed by atoms with van der Waals surface area (Å²) in [4.78, 5) is 4.47. The minimum Gasteiger partial charge on any atom is -0.395 e. The first-order chi connectivity index (χ1) is 16.0. The Morgan fingerprint density at radius 3 is 2.15 bits per heavy atom. The molecule has 0 spiro atoms. The van der Waals surface area contributed by atoms with Gasteiger partial charge in [-0.15, -0.1) is 0 Å². The van der Waals surface area contributed by atoms with Crippen LogP contribution < -0.4 is 4.90 Å². The normalized spacial score (nSPS) is 16.7. The van der Waals surface area contributed by atoms with Crippen LogP contribution in [-0.4, -0.2) is 54.5 Å². The van der Waals surface area contributed by atoms with Gasteiger partial charge in [0.05, 0.1) is 13.2 Å². The average Bonchev–Trinajstić information content (AvgIpc) is 2.83. The van der Waals surface area contributed by atoms with Crippen molar-refractivity contribution in [3.8, 4) is 0 Å². The number of nitrogens with zero attached hydrogens (tertiary/aromatic N) is 2. The van der Waals surface area contributed by atoms with Crippen LogP contribution in [-0.2, 0) is 0 Å². The molecule has 0 heterocycles. The molecule has 0 aliphatic heterocycles. The lowest BCUT2D eigenvalue weighted by molar-refractivity contribution is 0.233. The molecule has 3 rings (SSSR count). The molecule has 1 aliphatic carbocycles. The van der Waals surface area contributed by atoms with Crippen molar-refractivity contribution >= 4 is 5.69 Å². The molecule has 33 heavy (non-hydrogen) atoms. The Morgan fingerprint density at radius 2 is 1.58 bits per heavy atom. The highest BCUT2D eigenvalue weighted by Crippen LogP contribution is 2.42. The zero-order chi connectivity index (χ0) is 23.8. The van der Waals surface area contributed by atoms with Crippen molar-refractivity contribution in [1.29, 1.82) is 0 Å². The van der Waals surface area contributed by atoms with Crippen molar-refractivity contribution in [1.82, 2.24) is 4.90 Å². The third-order valence-corrected chi connectivity index (χ3v) is 6.92. The number of benzene rings is 2. The highest BCUT2D eigenvalue weighted by molar-refractivity contribution is 5.53. The summed E-state index contributed by atoms with van der Waals surface area (Å²) in [5.41, 5.74) is 7.77. The molecule has 2 N–H and O–H groups in total. The monoisotopic (exact) mass is 448 g/mol. The van der Waals surface area contributed by atoms with Crippen LogP contribution in [0.2, 0.25) is 0 Å².